The lowest BCUT2D eigenvalue weighted by Crippen LogP contribution is -2.05. The number of carbonyl (C=O) groups excluding carboxylic acids is 2. The van der Waals surface area contributed by atoms with Crippen LogP contribution in [0, 0.1) is 0 Å². The molecule has 0 amide bonds. The molecule has 0 saturated carbocycles. The van der Waals surface area contributed by atoms with Crippen molar-refractivity contribution in [2.75, 3.05) is 24.7 Å². The molecule has 0 N–H and O–H groups in total. The summed E-state index contributed by atoms with van der Waals surface area (Å²) in [6, 6.07) is 0. The van der Waals surface area contributed by atoms with Crippen molar-refractivity contribution in [1.82, 2.24) is 0 Å². The zero-order chi connectivity index (χ0) is 12.2. The molecule has 0 radical (unpaired) electrons. The molecule has 4 nitrogen and oxygen atoms in total. The van der Waals surface area contributed by atoms with Crippen LogP contribution in [0.25, 0.3) is 0 Å². The molecular weight excluding hydrogens is 248 g/mol. The zero-order valence-electron chi connectivity index (χ0n) is 9.27. The SMILES string of the molecule is C=CC(=O)OCCSSCCC(=O)OCC. The van der Waals surface area contributed by atoms with E-state index < -0.39 is 5.97 Å². The fourth-order valence-electron chi connectivity index (χ4n) is 0.711. The lowest BCUT2D eigenvalue weighted by molar-refractivity contribution is -0.142. The van der Waals surface area contributed by atoms with Crippen LogP contribution in [0.1, 0.15) is 13.3 Å². The molecule has 0 aliphatic heterocycles. The summed E-state index contributed by atoms with van der Waals surface area (Å²) < 4.78 is 9.55. The topological polar surface area (TPSA) is 52.6 Å². The van der Waals surface area contributed by atoms with Crippen molar-refractivity contribution < 1.29 is 19.1 Å². The Morgan fingerprint density at radius 3 is 2.56 bits per heavy atom. The highest BCUT2D eigenvalue weighted by atomic mass is 33.1. The minimum Gasteiger partial charge on any atom is -0.466 e. The van der Waals surface area contributed by atoms with Crippen LogP contribution in [-0.4, -0.2) is 36.7 Å². The molecule has 0 unspecified atom stereocenters. The van der Waals surface area contributed by atoms with Crippen LogP contribution in [0.5, 0.6) is 0 Å². The smallest absolute Gasteiger partial charge is 0.330 e. The minimum atomic E-state index is -0.405. The average Bonchev–Trinajstić information content (AvgIpc) is 2.27. The molecule has 6 heteroatoms. The van der Waals surface area contributed by atoms with Crippen LogP contribution in [0.15, 0.2) is 12.7 Å². The van der Waals surface area contributed by atoms with Crippen molar-refractivity contribution in [1.29, 1.82) is 0 Å². The molecule has 0 bridgehead atoms. The number of rotatable bonds is 9. The molecule has 0 aromatic carbocycles. The summed E-state index contributed by atoms with van der Waals surface area (Å²) in [6.45, 7) is 5.86. The highest BCUT2D eigenvalue weighted by Crippen LogP contribution is 2.21. The van der Waals surface area contributed by atoms with Gasteiger partial charge in [0.05, 0.1) is 13.0 Å². The standard InChI is InChI=1S/C10H16O4S2/c1-3-9(11)14-6-8-16-15-7-5-10(12)13-4-2/h3H,1,4-8H2,2H3. The molecule has 0 atom stereocenters. The molecule has 0 aliphatic carbocycles. The number of carbonyl (C=O) groups is 2. The van der Waals surface area contributed by atoms with E-state index in [0.717, 1.165) is 6.08 Å². The van der Waals surface area contributed by atoms with Crippen molar-refractivity contribution in [3.05, 3.63) is 12.7 Å². The molecule has 0 aromatic rings. The third kappa shape index (κ3) is 9.92. The van der Waals surface area contributed by atoms with Gasteiger partial charge < -0.3 is 9.47 Å². The second-order valence-corrected chi connectivity index (χ2v) is 5.27. The van der Waals surface area contributed by atoms with Gasteiger partial charge in [-0.25, -0.2) is 4.79 Å². The molecule has 0 spiro atoms. The van der Waals surface area contributed by atoms with Gasteiger partial charge in [0.25, 0.3) is 0 Å². The average molecular weight is 264 g/mol. The summed E-state index contributed by atoms with van der Waals surface area (Å²) in [5.74, 6) is 0.831. The summed E-state index contributed by atoms with van der Waals surface area (Å²) in [7, 11) is 3.13. The molecule has 0 aliphatic rings. The van der Waals surface area contributed by atoms with E-state index in [1.54, 1.807) is 28.5 Å². The lowest BCUT2D eigenvalue weighted by atomic mass is 10.5. The molecule has 0 rings (SSSR count). The Labute approximate surface area is 104 Å². The predicted octanol–water partition coefficient (Wildman–Crippen LogP) is 2.05. The fourth-order valence-corrected chi connectivity index (χ4v) is 2.51. The predicted molar refractivity (Wildman–Crippen MR) is 67.3 cm³/mol. The van der Waals surface area contributed by atoms with Crippen molar-refractivity contribution >= 4 is 33.5 Å². The highest BCUT2D eigenvalue weighted by Gasteiger charge is 2.01. The Bertz CT molecular complexity index is 231. The molecule has 0 saturated heterocycles. The first kappa shape index (κ1) is 15.4. The van der Waals surface area contributed by atoms with E-state index >= 15 is 0 Å². The Morgan fingerprint density at radius 1 is 1.25 bits per heavy atom. The van der Waals surface area contributed by atoms with Gasteiger partial charge in [0.15, 0.2) is 0 Å². The highest BCUT2D eigenvalue weighted by molar-refractivity contribution is 8.76. The summed E-state index contributed by atoms with van der Waals surface area (Å²) in [6.07, 6.45) is 1.55. The normalized spacial score (nSPS) is 9.56. The van der Waals surface area contributed by atoms with Crippen LogP contribution in [-0.2, 0) is 19.1 Å². The van der Waals surface area contributed by atoms with Gasteiger partial charge >= 0.3 is 11.9 Å². The van der Waals surface area contributed by atoms with Crippen molar-refractivity contribution in [2.24, 2.45) is 0 Å². The Morgan fingerprint density at radius 2 is 1.94 bits per heavy atom. The van der Waals surface area contributed by atoms with E-state index in [1.807, 2.05) is 0 Å². The van der Waals surface area contributed by atoms with Gasteiger partial charge in [0.1, 0.15) is 6.61 Å². The number of ether oxygens (including phenoxy) is 2. The number of hydrogen-bond donors (Lipinski definition) is 0. The first-order chi connectivity index (χ1) is 7.70. The third-order valence-electron chi connectivity index (χ3n) is 1.36. The lowest BCUT2D eigenvalue weighted by Gasteiger charge is -2.02. The maximum Gasteiger partial charge on any atom is 0.330 e. The monoisotopic (exact) mass is 264 g/mol. The van der Waals surface area contributed by atoms with Crippen LogP contribution in [0.2, 0.25) is 0 Å². The van der Waals surface area contributed by atoms with Crippen LogP contribution < -0.4 is 0 Å². The summed E-state index contributed by atoms with van der Waals surface area (Å²) >= 11 is 0. The van der Waals surface area contributed by atoms with Gasteiger partial charge in [0.2, 0.25) is 0 Å². The van der Waals surface area contributed by atoms with E-state index in [9.17, 15) is 9.59 Å². The fraction of sp³-hybridized carbons (Fsp3) is 0.600. The Balaban J connectivity index is 3.18. The number of esters is 2. The zero-order valence-corrected chi connectivity index (χ0v) is 10.9. The first-order valence-electron chi connectivity index (χ1n) is 4.90. The van der Waals surface area contributed by atoms with Crippen LogP contribution in [0.3, 0.4) is 0 Å². The molecular formula is C10H16O4S2. The van der Waals surface area contributed by atoms with E-state index in [-0.39, 0.29) is 5.97 Å². The van der Waals surface area contributed by atoms with Crippen molar-refractivity contribution in [3.8, 4) is 0 Å². The maximum absolute atomic E-state index is 10.9. The third-order valence-corrected chi connectivity index (χ3v) is 3.73. The maximum atomic E-state index is 10.9. The van der Waals surface area contributed by atoms with Crippen molar-refractivity contribution in [3.63, 3.8) is 0 Å². The molecule has 0 fully saturated rings. The Hall–Kier alpha value is -0.620. The van der Waals surface area contributed by atoms with Gasteiger partial charge in [-0.05, 0) is 6.92 Å². The molecule has 0 aromatic heterocycles. The largest absolute Gasteiger partial charge is 0.466 e. The van der Waals surface area contributed by atoms with E-state index in [1.165, 1.54) is 0 Å². The molecule has 16 heavy (non-hydrogen) atoms. The molecule has 0 heterocycles. The van der Waals surface area contributed by atoms with Gasteiger partial charge in [-0.2, -0.15) is 0 Å². The van der Waals surface area contributed by atoms with Crippen LogP contribution >= 0.6 is 21.6 Å². The minimum absolute atomic E-state index is 0.173. The molecule has 92 valence electrons. The van der Waals surface area contributed by atoms with Gasteiger partial charge in [-0.3, -0.25) is 4.79 Å². The van der Waals surface area contributed by atoms with Crippen LogP contribution in [0.4, 0.5) is 0 Å². The van der Waals surface area contributed by atoms with Gasteiger partial charge in [0, 0.05) is 17.6 Å². The second kappa shape index (κ2) is 10.9. The quantitative estimate of drug-likeness (QED) is 0.275. The van der Waals surface area contributed by atoms with Gasteiger partial charge in [-0.15, -0.1) is 0 Å². The summed E-state index contributed by atoms with van der Waals surface area (Å²) in [5, 5.41) is 0. The van der Waals surface area contributed by atoms with Gasteiger partial charge in [-0.1, -0.05) is 28.2 Å². The van der Waals surface area contributed by atoms with E-state index in [0.29, 0.717) is 31.1 Å². The summed E-state index contributed by atoms with van der Waals surface area (Å²) in [4.78, 5) is 21.6. The first-order valence-corrected chi connectivity index (χ1v) is 7.38. The number of hydrogen-bond acceptors (Lipinski definition) is 6. The summed E-state index contributed by atoms with van der Waals surface area (Å²) in [5.41, 5.74) is 0. The van der Waals surface area contributed by atoms with E-state index in [4.69, 9.17) is 9.47 Å². The Kier molecular flexibility index (Phi) is 10.5. The second-order valence-electron chi connectivity index (χ2n) is 2.57. The van der Waals surface area contributed by atoms with E-state index in [2.05, 4.69) is 6.58 Å². The van der Waals surface area contributed by atoms with Crippen molar-refractivity contribution in [2.45, 2.75) is 13.3 Å².